The predicted molar refractivity (Wildman–Crippen MR) is 120 cm³/mol. The molecule has 0 aliphatic heterocycles. The molecule has 1 amide bonds. The molecule has 3 aromatic carbocycles. The molecule has 0 spiro atoms. The predicted octanol–water partition coefficient (Wildman–Crippen LogP) is 4.90. The number of sulfonamides is 1. The number of benzene rings is 3. The molecule has 3 aromatic rings. The van der Waals surface area contributed by atoms with E-state index in [-0.39, 0.29) is 16.8 Å². The summed E-state index contributed by atoms with van der Waals surface area (Å²) in [6.45, 7) is 7.73. The third-order valence-corrected chi connectivity index (χ3v) is 6.50. The molecule has 0 aliphatic rings. The lowest BCUT2D eigenvalue weighted by molar-refractivity contribution is 0.0939. The number of aryl methyl sites for hydroxylation is 2. The zero-order valence-electron chi connectivity index (χ0n) is 17.6. The van der Waals surface area contributed by atoms with Gasteiger partial charge >= 0.3 is 0 Å². The lowest BCUT2D eigenvalue weighted by atomic mass is 9.99. The van der Waals surface area contributed by atoms with E-state index in [4.69, 9.17) is 0 Å². The van der Waals surface area contributed by atoms with Crippen LogP contribution in [0, 0.1) is 20.8 Å². The molecule has 0 unspecified atom stereocenters. The first-order valence-electron chi connectivity index (χ1n) is 9.74. The topological polar surface area (TPSA) is 75.3 Å². The summed E-state index contributed by atoms with van der Waals surface area (Å²) in [7, 11) is -3.74. The molecule has 2 N–H and O–H groups in total. The van der Waals surface area contributed by atoms with Crippen LogP contribution in [0.5, 0.6) is 0 Å². The maximum Gasteiger partial charge on any atom is 0.261 e. The summed E-state index contributed by atoms with van der Waals surface area (Å²) >= 11 is 0. The van der Waals surface area contributed by atoms with Crippen LogP contribution in [0.25, 0.3) is 0 Å². The number of carbonyl (C=O) groups is 1. The van der Waals surface area contributed by atoms with Crippen molar-refractivity contribution in [3.05, 3.63) is 94.5 Å². The maximum absolute atomic E-state index is 12.9. The van der Waals surface area contributed by atoms with Gasteiger partial charge in [0.25, 0.3) is 15.9 Å². The van der Waals surface area contributed by atoms with Crippen molar-refractivity contribution < 1.29 is 13.2 Å². The molecule has 0 saturated heterocycles. The number of hydrogen-bond acceptors (Lipinski definition) is 3. The highest BCUT2D eigenvalue weighted by Crippen LogP contribution is 2.24. The fourth-order valence-corrected chi connectivity index (χ4v) is 4.60. The number of rotatable bonds is 6. The van der Waals surface area contributed by atoms with Gasteiger partial charge in [-0.3, -0.25) is 9.52 Å². The molecular weight excluding hydrogens is 396 g/mol. The molecule has 30 heavy (non-hydrogen) atoms. The van der Waals surface area contributed by atoms with Crippen molar-refractivity contribution in [3.63, 3.8) is 0 Å². The molecule has 5 nitrogen and oxygen atoms in total. The Morgan fingerprint density at radius 3 is 2.27 bits per heavy atom. The van der Waals surface area contributed by atoms with E-state index in [1.54, 1.807) is 43.3 Å². The maximum atomic E-state index is 12.9. The van der Waals surface area contributed by atoms with Crippen molar-refractivity contribution >= 4 is 21.6 Å². The van der Waals surface area contributed by atoms with Gasteiger partial charge in [0.1, 0.15) is 0 Å². The van der Waals surface area contributed by atoms with E-state index in [1.165, 1.54) is 17.7 Å². The summed E-state index contributed by atoms with van der Waals surface area (Å²) < 4.78 is 27.9. The summed E-state index contributed by atoms with van der Waals surface area (Å²) in [4.78, 5) is 13.1. The second kappa shape index (κ2) is 8.71. The molecule has 0 bridgehead atoms. The van der Waals surface area contributed by atoms with E-state index < -0.39 is 10.0 Å². The average molecular weight is 423 g/mol. The SMILES string of the molecule is Cc1ccc([C@@H](C)NC(=O)c2cccc(NS(=O)(=O)c3ccccc3)c2C)c(C)c1. The standard InChI is InChI=1S/C24H26N2O3S/c1-16-13-14-21(17(2)15-16)19(4)25-24(27)22-11-8-12-23(18(22)3)26-30(28,29)20-9-6-5-7-10-20/h5-15,19,26H,1-4H3,(H,25,27)/t19-/m1/s1. The van der Waals surface area contributed by atoms with Crippen molar-refractivity contribution in [1.82, 2.24) is 5.32 Å². The molecule has 0 heterocycles. The van der Waals surface area contributed by atoms with Gasteiger partial charge < -0.3 is 5.32 Å². The summed E-state index contributed by atoms with van der Waals surface area (Å²) in [6.07, 6.45) is 0. The highest BCUT2D eigenvalue weighted by Gasteiger charge is 2.19. The van der Waals surface area contributed by atoms with Gasteiger partial charge in [0.05, 0.1) is 16.6 Å². The fourth-order valence-electron chi connectivity index (χ4n) is 3.46. The van der Waals surface area contributed by atoms with E-state index in [2.05, 4.69) is 16.1 Å². The van der Waals surface area contributed by atoms with Crippen molar-refractivity contribution in [3.8, 4) is 0 Å². The third kappa shape index (κ3) is 4.71. The smallest absolute Gasteiger partial charge is 0.261 e. The number of nitrogens with one attached hydrogen (secondary N) is 2. The first kappa shape index (κ1) is 21.6. The van der Waals surface area contributed by atoms with Gasteiger partial charge in [0.2, 0.25) is 0 Å². The fraction of sp³-hybridized carbons (Fsp3) is 0.208. The van der Waals surface area contributed by atoms with E-state index in [0.29, 0.717) is 16.8 Å². The van der Waals surface area contributed by atoms with Gasteiger partial charge in [0, 0.05) is 5.56 Å². The highest BCUT2D eigenvalue weighted by molar-refractivity contribution is 7.92. The Kier molecular flexibility index (Phi) is 6.27. The van der Waals surface area contributed by atoms with Crippen LogP contribution >= 0.6 is 0 Å². The molecule has 0 saturated carbocycles. The number of anilines is 1. The summed E-state index contributed by atoms with van der Waals surface area (Å²) in [5.74, 6) is -0.249. The minimum absolute atomic E-state index is 0.169. The van der Waals surface area contributed by atoms with Gasteiger partial charge in [-0.1, -0.05) is 48.0 Å². The van der Waals surface area contributed by atoms with Crippen LogP contribution in [0.3, 0.4) is 0 Å². The van der Waals surface area contributed by atoms with Crippen LogP contribution in [0.4, 0.5) is 5.69 Å². The Morgan fingerprint density at radius 2 is 1.60 bits per heavy atom. The first-order chi connectivity index (χ1) is 14.2. The molecule has 0 radical (unpaired) electrons. The molecule has 1 atom stereocenters. The third-order valence-electron chi connectivity index (χ3n) is 5.12. The van der Waals surface area contributed by atoms with Gasteiger partial charge in [-0.2, -0.15) is 0 Å². The molecule has 3 rings (SSSR count). The Morgan fingerprint density at radius 1 is 0.900 bits per heavy atom. The summed E-state index contributed by atoms with van der Waals surface area (Å²) in [5.41, 5.74) is 4.72. The van der Waals surface area contributed by atoms with Gasteiger partial charge in [-0.05, 0) is 68.7 Å². The van der Waals surface area contributed by atoms with Crippen LogP contribution < -0.4 is 10.0 Å². The van der Waals surface area contributed by atoms with E-state index in [0.717, 1.165) is 11.1 Å². The molecule has 0 aliphatic carbocycles. The number of amides is 1. The second-order valence-electron chi connectivity index (χ2n) is 7.45. The quantitative estimate of drug-likeness (QED) is 0.593. The van der Waals surface area contributed by atoms with Gasteiger partial charge in [-0.25, -0.2) is 8.42 Å². The zero-order chi connectivity index (χ0) is 21.9. The Hall–Kier alpha value is -3.12. The molecule has 156 valence electrons. The summed E-state index contributed by atoms with van der Waals surface area (Å²) in [5, 5.41) is 3.02. The molecule has 0 aromatic heterocycles. The van der Waals surface area contributed by atoms with Crippen LogP contribution in [0.2, 0.25) is 0 Å². The minimum Gasteiger partial charge on any atom is -0.345 e. The van der Waals surface area contributed by atoms with Crippen LogP contribution in [-0.2, 0) is 10.0 Å². The van der Waals surface area contributed by atoms with Gasteiger partial charge in [0.15, 0.2) is 0 Å². The van der Waals surface area contributed by atoms with E-state index in [1.807, 2.05) is 32.9 Å². The van der Waals surface area contributed by atoms with Crippen LogP contribution in [-0.4, -0.2) is 14.3 Å². The van der Waals surface area contributed by atoms with Crippen molar-refractivity contribution in [2.45, 2.75) is 38.6 Å². The lowest BCUT2D eigenvalue weighted by Gasteiger charge is -2.19. The molecular formula is C24H26N2O3S. The van der Waals surface area contributed by atoms with E-state index >= 15 is 0 Å². The number of carbonyl (C=O) groups excluding carboxylic acids is 1. The number of hydrogen-bond donors (Lipinski definition) is 2. The average Bonchev–Trinajstić information content (AvgIpc) is 2.70. The zero-order valence-corrected chi connectivity index (χ0v) is 18.4. The Labute approximate surface area is 178 Å². The minimum atomic E-state index is -3.74. The van der Waals surface area contributed by atoms with Crippen molar-refractivity contribution in [2.75, 3.05) is 4.72 Å². The van der Waals surface area contributed by atoms with Crippen LogP contribution in [0.15, 0.2) is 71.6 Å². The second-order valence-corrected chi connectivity index (χ2v) is 9.13. The normalized spacial score (nSPS) is 12.3. The molecule has 0 fully saturated rings. The Bertz CT molecular complexity index is 1170. The molecule has 6 heteroatoms. The largest absolute Gasteiger partial charge is 0.345 e. The first-order valence-corrected chi connectivity index (χ1v) is 11.2. The summed E-state index contributed by atoms with van der Waals surface area (Å²) in [6, 6.07) is 19.1. The van der Waals surface area contributed by atoms with Crippen molar-refractivity contribution in [1.29, 1.82) is 0 Å². The highest BCUT2D eigenvalue weighted by atomic mass is 32.2. The monoisotopic (exact) mass is 422 g/mol. The lowest BCUT2D eigenvalue weighted by Crippen LogP contribution is -2.28. The Balaban J connectivity index is 1.83. The van der Waals surface area contributed by atoms with Crippen LogP contribution in [0.1, 0.15) is 45.6 Å². The van der Waals surface area contributed by atoms with E-state index in [9.17, 15) is 13.2 Å². The van der Waals surface area contributed by atoms with Gasteiger partial charge in [-0.15, -0.1) is 0 Å². The van der Waals surface area contributed by atoms with Crippen molar-refractivity contribution in [2.24, 2.45) is 0 Å².